The Hall–Kier alpha value is -1.37. The van der Waals surface area contributed by atoms with Gasteiger partial charge in [0.25, 0.3) is 0 Å². The van der Waals surface area contributed by atoms with Crippen molar-refractivity contribution in [2.24, 2.45) is 0 Å². The smallest absolute Gasteiger partial charge is 0.142 e. The summed E-state index contributed by atoms with van der Waals surface area (Å²) in [6.07, 6.45) is 16.1. The van der Waals surface area contributed by atoms with Crippen LogP contribution in [0.1, 0.15) is 73.1 Å². The van der Waals surface area contributed by atoms with Crippen molar-refractivity contribution >= 4 is 6.29 Å². The molecule has 0 bridgehead atoms. The lowest BCUT2D eigenvalue weighted by molar-refractivity contribution is -0.104. The van der Waals surface area contributed by atoms with Crippen LogP contribution in [0.3, 0.4) is 0 Å². The minimum atomic E-state index is 0.870. The molecule has 0 saturated carbocycles. The third-order valence-corrected chi connectivity index (χ3v) is 3.51. The second-order valence-corrected chi connectivity index (χ2v) is 6.15. The van der Waals surface area contributed by atoms with Gasteiger partial charge in [0.05, 0.1) is 0 Å². The Bertz CT molecular complexity index is 415. The van der Waals surface area contributed by atoms with Crippen LogP contribution >= 0.6 is 0 Å². The molecule has 0 saturated heterocycles. The summed E-state index contributed by atoms with van der Waals surface area (Å²) in [5.41, 5.74) is 5.50. The lowest BCUT2D eigenvalue weighted by Gasteiger charge is -2.02. The van der Waals surface area contributed by atoms with E-state index >= 15 is 0 Å². The third kappa shape index (κ3) is 13.4. The van der Waals surface area contributed by atoms with Crippen molar-refractivity contribution in [3.05, 3.63) is 46.6 Å². The Labute approximate surface area is 131 Å². The molecule has 118 valence electrons. The lowest BCUT2D eigenvalue weighted by atomic mass is 10.0. The van der Waals surface area contributed by atoms with E-state index in [1.54, 1.807) is 6.08 Å². The fourth-order valence-electron chi connectivity index (χ4n) is 2.08. The highest BCUT2D eigenvalue weighted by Gasteiger charge is 1.93. The van der Waals surface area contributed by atoms with Gasteiger partial charge in [0.2, 0.25) is 0 Å². The number of aldehydes is 1. The molecular formula is C20H32O. The number of hydrogen-bond donors (Lipinski definition) is 0. The molecule has 1 heteroatoms. The SMILES string of the molecule is CC(C)=CCC/C(C)=C/CCC(C)=CCC/C(C)=C\C=O. The van der Waals surface area contributed by atoms with Crippen LogP contribution < -0.4 is 0 Å². The maximum absolute atomic E-state index is 10.3. The maximum Gasteiger partial charge on any atom is 0.142 e. The predicted octanol–water partition coefficient (Wildman–Crippen LogP) is 6.33. The Balaban J connectivity index is 3.96. The van der Waals surface area contributed by atoms with Gasteiger partial charge in [-0.05, 0) is 79.2 Å². The van der Waals surface area contributed by atoms with Gasteiger partial charge in [0.1, 0.15) is 6.29 Å². The fourth-order valence-corrected chi connectivity index (χ4v) is 2.08. The van der Waals surface area contributed by atoms with Gasteiger partial charge < -0.3 is 0 Å². The van der Waals surface area contributed by atoms with Crippen molar-refractivity contribution in [1.29, 1.82) is 0 Å². The van der Waals surface area contributed by atoms with Crippen molar-refractivity contribution < 1.29 is 4.79 Å². The van der Waals surface area contributed by atoms with Gasteiger partial charge in [-0.1, -0.05) is 40.5 Å². The molecule has 0 aromatic rings. The largest absolute Gasteiger partial charge is 0.299 e. The molecule has 0 fully saturated rings. The number of hydrogen-bond acceptors (Lipinski definition) is 1. The first-order chi connectivity index (χ1) is 9.95. The molecular weight excluding hydrogens is 256 g/mol. The van der Waals surface area contributed by atoms with Gasteiger partial charge in [-0.3, -0.25) is 4.79 Å². The molecule has 0 amide bonds. The molecule has 0 N–H and O–H groups in total. The Morgan fingerprint density at radius 1 is 0.667 bits per heavy atom. The summed E-state index contributed by atoms with van der Waals surface area (Å²) in [4.78, 5) is 10.3. The van der Waals surface area contributed by atoms with Gasteiger partial charge in [-0.2, -0.15) is 0 Å². The van der Waals surface area contributed by atoms with Crippen molar-refractivity contribution in [3.8, 4) is 0 Å². The molecule has 0 rings (SSSR count). The molecule has 0 atom stereocenters. The highest BCUT2D eigenvalue weighted by Crippen LogP contribution is 2.13. The molecule has 0 aliphatic carbocycles. The van der Waals surface area contributed by atoms with Crippen LogP contribution in [0.25, 0.3) is 0 Å². The van der Waals surface area contributed by atoms with Gasteiger partial charge >= 0.3 is 0 Å². The van der Waals surface area contributed by atoms with Gasteiger partial charge in [-0.15, -0.1) is 0 Å². The molecule has 0 radical (unpaired) electrons. The summed E-state index contributed by atoms with van der Waals surface area (Å²) in [6.45, 7) is 10.7. The van der Waals surface area contributed by atoms with Crippen LogP contribution in [0.15, 0.2) is 46.6 Å². The van der Waals surface area contributed by atoms with Crippen molar-refractivity contribution in [2.45, 2.75) is 73.1 Å². The molecule has 0 heterocycles. The topological polar surface area (TPSA) is 17.1 Å². The molecule has 0 aromatic carbocycles. The van der Waals surface area contributed by atoms with Crippen molar-refractivity contribution in [2.75, 3.05) is 0 Å². The predicted molar refractivity (Wildman–Crippen MR) is 94.5 cm³/mol. The van der Waals surface area contributed by atoms with E-state index in [-0.39, 0.29) is 0 Å². The van der Waals surface area contributed by atoms with E-state index < -0.39 is 0 Å². The van der Waals surface area contributed by atoms with Crippen molar-refractivity contribution in [1.82, 2.24) is 0 Å². The van der Waals surface area contributed by atoms with Gasteiger partial charge in [0, 0.05) is 0 Å². The standard InChI is InChI=1S/C20H32O/c1-17(2)9-6-10-18(3)11-7-12-19(4)13-8-14-20(5)15-16-21/h9,11,13,15-16H,6-8,10,12,14H2,1-5H3/b18-11+,19-13?,20-15-. The highest BCUT2D eigenvalue weighted by atomic mass is 16.1. The molecule has 0 aliphatic heterocycles. The summed E-state index contributed by atoms with van der Waals surface area (Å²) < 4.78 is 0. The summed E-state index contributed by atoms with van der Waals surface area (Å²) in [5.74, 6) is 0. The molecule has 21 heavy (non-hydrogen) atoms. The zero-order valence-electron chi connectivity index (χ0n) is 14.5. The minimum Gasteiger partial charge on any atom is -0.299 e. The number of allylic oxidation sites excluding steroid dienone is 8. The second kappa shape index (κ2) is 12.4. The average Bonchev–Trinajstić information content (AvgIpc) is 2.38. The molecule has 0 aromatic heterocycles. The van der Waals surface area contributed by atoms with E-state index in [0.29, 0.717) is 0 Å². The number of carbonyl (C=O) groups is 1. The van der Waals surface area contributed by atoms with Gasteiger partial charge in [0.15, 0.2) is 0 Å². The molecule has 0 spiro atoms. The summed E-state index contributed by atoms with van der Waals surface area (Å²) in [6, 6.07) is 0. The fraction of sp³-hybridized carbons (Fsp3) is 0.550. The summed E-state index contributed by atoms with van der Waals surface area (Å²) in [7, 11) is 0. The van der Waals surface area contributed by atoms with Crippen LogP contribution in [0.4, 0.5) is 0 Å². The Morgan fingerprint density at radius 3 is 1.52 bits per heavy atom. The van der Waals surface area contributed by atoms with Crippen LogP contribution in [-0.2, 0) is 4.79 Å². The maximum atomic E-state index is 10.3. The number of rotatable bonds is 10. The quantitative estimate of drug-likeness (QED) is 0.261. The zero-order chi connectivity index (χ0) is 16.1. The van der Waals surface area contributed by atoms with E-state index in [1.165, 1.54) is 23.1 Å². The first kappa shape index (κ1) is 19.6. The minimum absolute atomic E-state index is 0.870. The van der Waals surface area contributed by atoms with Crippen LogP contribution in [0, 0.1) is 0 Å². The molecule has 0 unspecified atom stereocenters. The first-order valence-electron chi connectivity index (χ1n) is 8.01. The van der Waals surface area contributed by atoms with Crippen LogP contribution in [0.5, 0.6) is 0 Å². The summed E-state index contributed by atoms with van der Waals surface area (Å²) in [5, 5.41) is 0. The first-order valence-corrected chi connectivity index (χ1v) is 8.01. The van der Waals surface area contributed by atoms with E-state index in [4.69, 9.17) is 0 Å². The zero-order valence-corrected chi connectivity index (χ0v) is 14.5. The third-order valence-electron chi connectivity index (χ3n) is 3.51. The molecule has 1 nitrogen and oxygen atoms in total. The Kier molecular flexibility index (Phi) is 11.6. The molecule has 0 aliphatic rings. The second-order valence-electron chi connectivity index (χ2n) is 6.15. The lowest BCUT2D eigenvalue weighted by Crippen LogP contribution is -1.82. The number of carbonyl (C=O) groups excluding carboxylic acids is 1. The Morgan fingerprint density at radius 2 is 1.10 bits per heavy atom. The van der Waals surface area contributed by atoms with E-state index in [0.717, 1.165) is 44.0 Å². The van der Waals surface area contributed by atoms with Crippen LogP contribution in [-0.4, -0.2) is 6.29 Å². The van der Waals surface area contributed by atoms with E-state index in [9.17, 15) is 4.79 Å². The van der Waals surface area contributed by atoms with E-state index in [2.05, 4.69) is 45.9 Å². The monoisotopic (exact) mass is 288 g/mol. The normalized spacial score (nSPS) is 13.3. The van der Waals surface area contributed by atoms with Crippen molar-refractivity contribution in [3.63, 3.8) is 0 Å². The van der Waals surface area contributed by atoms with Gasteiger partial charge in [-0.25, -0.2) is 0 Å². The van der Waals surface area contributed by atoms with Crippen LogP contribution in [0.2, 0.25) is 0 Å². The average molecular weight is 288 g/mol. The van der Waals surface area contributed by atoms with E-state index in [1.807, 2.05) is 6.92 Å². The summed E-state index contributed by atoms with van der Waals surface area (Å²) >= 11 is 0. The highest BCUT2D eigenvalue weighted by molar-refractivity contribution is 5.65.